The fourth-order valence-corrected chi connectivity index (χ4v) is 4.63. The summed E-state index contributed by atoms with van der Waals surface area (Å²) < 4.78 is 86.4. The molecular weight excluding hydrogens is 557 g/mol. The molecule has 1 saturated heterocycles. The topological polar surface area (TPSA) is 119 Å². The molecule has 1 aliphatic rings. The van der Waals surface area contributed by atoms with E-state index in [1.807, 2.05) is 0 Å². The third kappa shape index (κ3) is 6.70. The van der Waals surface area contributed by atoms with E-state index in [4.69, 9.17) is 14.2 Å². The van der Waals surface area contributed by atoms with E-state index in [9.17, 15) is 36.6 Å². The molecule has 41 heavy (non-hydrogen) atoms. The molecule has 5 atom stereocenters. The second-order valence-electron chi connectivity index (χ2n) is 10.8. The molecule has 2 amide bonds. The Kier molecular flexibility index (Phi) is 9.18. The number of halogens is 5. The van der Waals surface area contributed by atoms with Crippen LogP contribution in [0.2, 0.25) is 0 Å². The fourth-order valence-electron chi connectivity index (χ4n) is 4.63. The normalized spacial score (nSPS) is 23.6. The third-order valence-corrected chi connectivity index (χ3v) is 6.85. The number of amides is 2. The number of benzene rings is 1. The summed E-state index contributed by atoms with van der Waals surface area (Å²) in [6.07, 6.45) is -6.31. The summed E-state index contributed by atoms with van der Waals surface area (Å²) in [5.74, 6) is -7.17. The van der Waals surface area contributed by atoms with Crippen LogP contribution in [0.25, 0.3) is 0 Å². The van der Waals surface area contributed by atoms with Gasteiger partial charge in [-0.1, -0.05) is 13.0 Å². The van der Waals surface area contributed by atoms with Crippen molar-refractivity contribution >= 4 is 17.7 Å². The quantitative estimate of drug-likeness (QED) is 0.389. The van der Waals surface area contributed by atoms with Gasteiger partial charge in [0.1, 0.15) is 11.7 Å². The van der Waals surface area contributed by atoms with Crippen molar-refractivity contribution in [3.63, 3.8) is 0 Å². The summed E-state index contributed by atoms with van der Waals surface area (Å²) in [4.78, 5) is 29.7. The molecule has 1 aliphatic heterocycles. The van der Waals surface area contributed by atoms with E-state index in [0.717, 1.165) is 26.2 Å². The van der Waals surface area contributed by atoms with Crippen molar-refractivity contribution < 1.29 is 50.9 Å². The number of aromatic nitrogens is 1. The standard InChI is InChI=1S/C27H32F5N3O6/c1-13-19(15-7-8-16(28)20(29)21(15)39-6)22(40-26(13,5)27(30,31)32)23(37)34-14-9-10-33-17(11-14)18(12-36)35-24(38)41-25(2,3)4/h7-11,13,18-19,22,36H,12H2,1-6H3,(H,35,38)(H,33,34,37)/t13-,18+,19-,22+,26+/m0/s1. The van der Waals surface area contributed by atoms with Gasteiger partial charge in [0.15, 0.2) is 17.2 Å². The first-order valence-electron chi connectivity index (χ1n) is 12.6. The highest BCUT2D eigenvalue weighted by Gasteiger charge is 2.66. The number of methoxy groups -OCH3 is 1. The predicted molar refractivity (Wildman–Crippen MR) is 136 cm³/mol. The summed E-state index contributed by atoms with van der Waals surface area (Å²) >= 11 is 0. The van der Waals surface area contributed by atoms with Crippen molar-refractivity contribution in [3.05, 3.63) is 53.4 Å². The lowest BCUT2D eigenvalue weighted by Crippen LogP contribution is -2.47. The molecule has 2 heterocycles. The van der Waals surface area contributed by atoms with Crippen molar-refractivity contribution in [2.24, 2.45) is 5.92 Å². The van der Waals surface area contributed by atoms with Gasteiger partial charge in [0.25, 0.3) is 5.91 Å². The molecule has 2 aromatic rings. The monoisotopic (exact) mass is 589 g/mol. The van der Waals surface area contributed by atoms with Gasteiger partial charge in [0.05, 0.1) is 25.5 Å². The molecule has 0 bridgehead atoms. The number of hydrogen-bond donors (Lipinski definition) is 3. The molecule has 1 aromatic heterocycles. The van der Waals surface area contributed by atoms with Gasteiger partial charge >= 0.3 is 12.3 Å². The Bertz CT molecular complexity index is 1290. The number of aliphatic hydroxyl groups is 1. The van der Waals surface area contributed by atoms with E-state index in [1.165, 1.54) is 25.3 Å². The van der Waals surface area contributed by atoms with E-state index >= 15 is 0 Å². The summed E-state index contributed by atoms with van der Waals surface area (Å²) in [5.41, 5.74) is -3.65. The SMILES string of the molecule is COc1c([C@H]2[C@H](C(=O)Nc3ccnc([C@@H](CO)NC(=O)OC(C)(C)C)c3)O[C@@](C)(C(F)(F)F)[C@H]2C)ccc(F)c1F. The molecule has 0 spiro atoms. The summed E-state index contributed by atoms with van der Waals surface area (Å²) in [5, 5.41) is 14.7. The van der Waals surface area contributed by atoms with Crippen LogP contribution >= 0.6 is 0 Å². The number of anilines is 1. The first kappa shape index (κ1) is 32.0. The highest BCUT2D eigenvalue weighted by molar-refractivity contribution is 5.95. The minimum atomic E-state index is -4.92. The Hall–Kier alpha value is -3.52. The van der Waals surface area contributed by atoms with Gasteiger partial charge in [-0.15, -0.1) is 0 Å². The molecule has 3 N–H and O–H groups in total. The van der Waals surface area contributed by atoms with E-state index < -0.39 is 77.4 Å². The second-order valence-corrected chi connectivity index (χ2v) is 10.8. The maximum atomic E-state index is 14.5. The lowest BCUT2D eigenvalue weighted by atomic mass is 9.77. The number of nitrogens with zero attached hydrogens (tertiary/aromatic N) is 1. The lowest BCUT2D eigenvalue weighted by Gasteiger charge is -2.32. The van der Waals surface area contributed by atoms with Crippen molar-refractivity contribution in [2.45, 2.75) is 70.1 Å². The highest BCUT2D eigenvalue weighted by atomic mass is 19.4. The molecule has 0 unspecified atom stereocenters. The zero-order valence-electron chi connectivity index (χ0n) is 23.2. The van der Waals surface area contributed by atoms with Crippen LogP contribution < -0.4 is 15.4 Å². The summed E-state index contributed by atoms with van der Waals surface area (Å²) in [6, 6.07) is 3.38. The minimum absolute atomic E-state index is 0.0531. The number of nitrogens with one attached hydrogen (secondary N) is 2. The molecule has 0 aliphatic carbocycles. The highest BCUT2D eigenvalue weighted by Crippen LogP contribution is 2.55. The maximum Gasteiger partial charge on any atom is 0.417 e. The Morgan fingerprint density at radius 1 is 1.20 bits per heavy atom. The second kappa shape index (κ2) is 11.8. The molecule has 1 fully saturated rings. The Labute approximate surface area is 233 Å². The van der Waals surface area contributed by atoms with Crippen LogP contribution in [0.4, 0.5) is 32.4 Å². The maximum absolute atomic E-state index is 14.5. The Morgan fingerprint density at radius 2 is 1.85 bits per heavy atom. The van der Waals surface area contributed by atoms with Crippen molar-refractivity contribution in [2.75, 3.05) is 19.0 Å². The zero-order chi connectivity index (χ0) is 30.9. The van der Waals surface area contributed by atoms with Crippen LogP contribution in [0.3, 0.4) is 0 Å². The van der Waals surface area contributed by atoms with Gasteiger partial charge in [-0.25, -0.2) is 9.18 Å². The molecule has 0 radical (unpaired) electrons. The van der Waals surface area contributed by atoms with E-state index in [1.54, 1.807) is 20.8 Å². The summed E-state index contributed by atoms with van der Waals surface area (Å²) in [6.45, 7) is 6.33. The number of carbonyl (C=O) groups is 2. The fraction of sp³-hybridized carbons (Fsp3) is 0.519. The van der Waals surface area contributed by atoms with Gasteiger partial charge in [-0.05, 0) is 45.9 Å². The van der Waals surface area contributed by atoms with Gasteiger partial charge in [0.2, 0.25) is 5.82 Å². The molecule has 3 rings (SSSR count). The van der Waals surface area contributed by atoms with Gasteiger partial charge in [-0.3, -0.25) is 9.78 Å². The van der Waals surface area contributed by atoms with Gasteiger partial charge < -0.3 is 30.0 Å². The smallest absolute Gasteiger partial charge is 0.417 e. The van der Waals surface area contributed by atoms with Crippen LogP contribution in [0, 0.1) is 17.6 Å². The van der Waals surface area contributed by atoms with Crippen molar-refractivity contribution in [1.29, 1.82) is 0 Å². The third-order valence-electron chi connectivity index (χ3n) is 6.85. The molecule has 0 saturated carbocycles. The average Bonchev–Trinajstić information content (AvgIpc) is 3.15. The van der Waals surface area contributed by atoms with Crippen LogP contribution in [0.1, 0.15) is 57.8 Å². The van der Waals surface area contributed by atoms with E-state index in [0.29, 0.717) is 0 Å². The number of carbonyl (C=O) groups excluding carboxylic acids is 2. The number of ether oxygens (including phenoxy) is 3. The number of hydrogen-bond acceptors (Lipinski definition) is 7. The van der Waals surface area contributed by atoms with Crippen LogP contribution in [0.15, 0.2) is 30.5 Å². The molecule has 9 nitrogen and oxygen atoms in total. The Balaban J connectivity index is 1.95. The number of alkyl halides is 3. The van der Waals surface area contributed by atoms with Gasteiger partial charge in [0, 0.05) is 29.3 Å². The molecule has 14 heteroatoms. The minimum Gasteiger partial charge on any atom is -0.493 e. The molecule has 226 valence electrons. The lowest BCUT2D eigenvalue weighted by molar-refractivity contribution is -0.272. The van der Waals surface area contributed by atoms with Crippen molar-refractivity contribution in [1.82, 2.24) is 10.3 Å². The molecular formula is C27H32F5N3O6. The first-order valence-corrected chi connectivity index (χ1v) is 12.6. The average molecular weight is 590 g/mol. The Morgan fingerprint density at radius 3 is 2.41 bits per heavy atom. The summed E-state index contributed by atoms with van der Waals surface area (Å²) in [7, 11) is 1.03. The van der Waals surface area contributed by atoms with Crippen LogP contribution in [0.5, 0.6) is 5.75 Å². The van der Waals surface area contributed by atoms with Crippen LogP contribution in [-0.2, 0) is 14.3 Å². The number of aliphatic hydroxyl groups excluding tert-OH is 1. The zero-order valence-corrected chi connectivity index (χ0v) is 23.2. The number of alkyl carbamates (subject to hydrolysis) is 1. The molecule has 1 aromatic carbocycles. The van der Waals surface area contributed by atoms with Crippen LogP contribution in [-0.4, -0.2) is 59.3 Å². The largest absolute Gasteiger partial charge is 0.493 e. The number of rotatable bonds is 7. The van der Waals surface area contributed by atoms with E-state index in [-0.39, 0.29) is 16.9 Å². The van der Waals surface area contributed by atoms with Gasteiger partial charge in [-0.2, -0.15) is 17.6 Å². The van der Waals surface area contributed by atoms with Crippen molar-refractivity contribution in [3.8, 4) is 5.75 Å². The van der Waals surface area contributed by atoms with E-state index in [2.05, 4.69) is 15.6 Å². The predicted octanol–water partition coefficient (Wildman–Crippen LogP) is 5.00. The first-order chi connectivity index (χ1) is 18.9. The number of pyridine rings is 1.